The first-order valence-corrected chi connectivity index (χ1v) is 31.7. The summed E-state index contributed by atoms with van der Waals surface area (Å²) >= 11 is -4.21. The number of aliphatic carboxylic acids is 1. The standard InChI is InChI=1S/C23H38O4S.C22H34O2.C18H28O2S.C5H10O2.2Ar/c1-3-4-5-6-7-8-9-10-11-12-13-14-15-16-17-20-23(28(25)26)22(24)19-18-21-27-2;1-2-3-4-5-6-7-8-9-10-11-12-13-14-15-16-17-18-19-20-21-22(23)24;1-2-3-4-5-6-7-8-9-10-11-12-13-14-15-16-17-18-21(19)20;1-7-5-3-2-4-6;;/h4-5,7-8,10-11,13-14,16-17,22-24H,3,6,9,12,15,18-21H2,1-2H3,(H,25,26);3-4,6-7,9-10,12-13,15-16H,2,5,8,11,14,17-21H2,1H3,(H,23,24);3-4,6-7,9-10,12-13,15-16H,2,5,8,11,14,17-18H2,1H3,(H,19,20);4H,2-3,5H2,1H3;;/p-2/b5-4-,8-7-,11-10-,14-13-,17-16-;2*4-3-,7-6-,10-9-,13-12-,16-15-;;;. The average molecular weight is 1230 g/mol. The second-order valence-corrected chi connectivity index (χ2v) is 20.1. The van der Waals surface area contributed by atoms with Crippen molar-refractivity contribution in [2.45, 2.75) is 199 Å². The number of allylic oxidation sites excluding steroid dienone is 30. The molecule has 82 heavy (non-hydrogen) atoms. The molecule has 0 aromatic rings. The number of unbranched alkanes of at least 4 members (excludes halogenated alkanes) is 4. The Morgan fingerprint density at radius 1 is 0.439 bits per heavy atom. The zero-order valence-corrected chi connectivity index (χ0v) is 53.8. The first-order valence-electron chi connectivity index (χ1n) is 29.3. The van der Waals surface area contributed by atoms with E-state index in [-0.39, 0.29) is 81.2 Å². The third-order valence-electron chi connectivity index (χ3n) is 10.7. The summed E-state index contributed by atoms with van der Waals surface area (Å²) in [7, 11) is 3.22. The maximum absolute atomic E-state index is 11.3. The predicted molar refractivity (Wildman–Crippen MR) is 344 cm³/mol. The zero-order chi connectivity index (χ0) is 59.7. The van der Waals surface area contributed by atoms with Crippen LogP contribution in [0.4, 0.5) is 0 Å². The number of rotatable bonds is 48. The predicted octanol–water partition coefficient (Wildman–Crippen LogP) is 17.6. The molecule has 0 saturated carbocycles. The van der Waals surface area contributed by atoms with Gasteiger partial charge in [-0.1, -0.05) is 221 Å². The number of carboxylic acids is 1. The number of aliphatic hydroxyl groups is 1. The molecule has 0 aromatic carbocycles. The molecule has 0 aliphatic carbocycles. The topological polar surface area (TPSA) is 173 Å². The Hall–Kier alpha value is -2.14. The molecule has 10 nitrogen and oxygen atoms in total. The van der Waals surface area contributed by atoms with Crippen LogP contribution in [0.25, 0.3) is 0 Å². The maximum Gasteiger partial charge on any atom is 0.303 e. The summed E-state index contributed by atoms with van der Waals surface area (Å²) in [5, 5.41) is 17.8. The van der Waals surface area contributed by atoms with Crippen LogP contribution in [0.1, 0.15) is 188 Å². The van der Waals surface area contributed by atoms with Gasteiger partial charge in [0.2, 0.25) is 0 Å². The van der Waals surface area contributed by atoms with E-state index in [9.17, 15) is 32.2 Å². The van der Waals surface area contributed by atoms with Crippen molar-refractivity contribution in [2.24, 2.45) is 0 Å². The van der Waals surface area contributed by atoms with Crippen LogP contribution < -0.4 is 0 Å². The fourth-order valence-electron chi connectivity index (χ4n) is 6.40. The van der Waals surface area contributed by atoms with E-state index in [4.69, 9.17) is 9.84 Å². The van der Waals surface area contributed by atoms with Crippen molar-refractivity contribution in [2.75, 3.05) is 33.2 Å². The van der Waals surface area contributed by atoms with Crippen molar-refractivity contribution < 1.29 is 122 Å². The maximum atomic E-state index is 11.3. The van der Waals surface area contributed by atoms with E-state index in [0.29, 0.717) is 51.7 Å². The van der Waals surface area contributed by atoms with Crippen molar-refractivity contribution in [3.8, 4) is 0 Å². The van der Waals surface area contributed by atoms with Crippen molar-refractivity contribution in [1.82, 2.24) is 0 Å². The van der Waals surface area contributed by atoms with Crippen molar-refractivity contribution in [1.29, 1.82) is 0 Å². The minimum Gasteiger partial charge on any atom is -0.772 e. The molecule has 0 aliphatic heterocycles. The van der Waals surface area contributed by atoms with Crippen LogP contribution in [0.5, 0.6) is 0 Å². The monoisotopic (exact) mass is 1230 g/mol. The fourth-order valence-corrected chi connectivity index (χ4v) is 7.38. The van der Waals surface area contributed by atoms with E-state index in [1.165, 1.54) is 0 Å². The number of ether oxygens (including phenoxy) is 2. The summed E-state index contributed by atoms with van der Waals surface area (Å²) in [6.45, 7) is 7.64. The molecule has 2 N–H and O–H groups in total. The Morgan fingerprint density at radius 3 is 1.06 bits per heavy atom. The van der Waals surface area contributed by atoms with Gasteiger partial charge >= 0.3 is 5.97 Å². The number of carbonyl (C=O) groups is 2. The minimum absolute atomic E-state index is 0. The average Bonchev–Trinajstić information content (AvgIpc) is 3.44. The summed E-state index contributed by atoms with van der Waals surface area (Å²) in [4.78, 5) is 20.0. The van der Waals surface area contributed by atoms with Crippen LogP contribution in [0.3, 0.4) is 0 Å². The summed E-state index contributed by atoms with van der Waals surface area (Å²) in [6, 6.07) is 0. The van der Waals surface area contributed by atoms with Gasteiger partial charge in [-0.15, -0.1) is 0 Å². The molecule has 4 atom stereocenters. The summed E-state index contributed by atoms with van der Waals surface area (Å²) in [5.41, 5.74) is 0. The molecule has 4 unspecified atom stereocenters. The van der Waals surface area contributed by atoms with Crippen LogP contribution in [0.15, 0.2) is 182 Å². The molecule has 0 radical (unpaired) electrons. The number of carbonyl (C=O) groups excluding carboxylic acids is 1. The van der Waals surface area contributed by atoms with Gasteiger partial charge in [0.1, 0.15) is 6.29 Å². The molecule has 0 amide bonds. The van der Waals surface area contributed by atoms with Crippen LogP contribution >= 0.6 is 0 Å². The first kappa shape index (κ1) is 91.0. The molecule has 0 aromatic heterocycles. The summed E-state index contributed by atoms with van der Waals surface area (Å²) in [5.74, 6) is -0.477. The Morgan fingerprint density at radius 2 is 0.756 bits per heavy atom. The second-order valence-electron chi connectivity index (χ2n) is 18.0. The van der Waals surface area contributed by atoms with Gasteiger partial charge in [-0.2, -0.15) is 0 Å². The van der Waals surface area contributed by atoms with Gasteiger partial charge < -0.3 is 33.6 Å². The molecule has 14 heteroatoms. The molecule has 0 rings (SSSR count). The van der Waals surface area contributed by atoms with E-state index in [1.54, 1.807) is 14.2 Å². The van der Waals surface area contributed by atoms with E-state index in [0.717, 1.165) is 135 Å². The Bertz CT molecular complexity index is 1870. The van der Waals surface area contributed by atoms with E-state index < -0.39 is 39.5 Å². The molecule has 0 aliphatic rings. The SMILES string of the molecule is CC/C=C\C/C=C\C/C=C\C/C=C\C/C=C\CC(C(O)CCCOC)S(=O)[O-].CC/C=C\C/C=C\C/C=C\C/C=C\C/C=C\CCCCCC(=O)O.CC/C=C\C/C=C\C/C=C\C/C=C\C/C=C\CCS(=O)[O-].COCCCC=O.[Ar].[Ar]. The van der Waals surface area contributed by atoms with Gasteiger partial charge in [-0.25, -0.2) is 0 Å². The number of aliphatic hydroxyl groups excluding tert-OH is 1. The molecular weight excluding hydrogens is 1120 g/mol. The van der Waals surface area contributed by atoms with Crippen molar-refractivity contribution >= 4 is 34.4 Å². The number of aldehydes is 1. The number of hydrogen-bond acceptors (Lipinski definition) is 9. The summed E-state index contributed by atoms with van der Waals surface area (Å²) < 4.78 is 52.8. The van der Waals surface area contributed by atoms with Crippen LogP contribution in [-0.4, -0.2) is 84.5 Å². The second kappa shape index (κ2) is 85.3. The van der Waals surface area contributed by atoms with Gasteiger partial charge in [0.15, 0.2) is 0 Å². The largest absolute Gasteiger partial charge is 0.772 e. The summed E-state index contributed by atoms with van der Waals surface area (Å²) in [6.07, 6.45) is 86.6. The van der Waals surface area contributed by atoms with Crippen LogP contribution in [0, 0.1) is 75.5 Å². The zero-order valence-electron chi connectivity index (χ0n) is 50.7. The van der Waals surface area contributed by atoms with Crippen LogP contribution in [0.2, 0.25) is 0 Å². The minimum atomic E-state index is -2.28. The third-order valence-corrected chi connectivity index (χ3v) is 12.3. The molecule has 0 bridgehead atoms. The van der Waals surface area contributed by atoms with E-state index in [2.05, 4.69) is 183 Å². The van der Waals surface area contributed by atoms with Crippen LogP contribution in [-0.2, 0) is 41.2 Å². The van der Waals surface area contributed by atoms with Crippen molar-refractivity contribution in [3.63, 3.8) is 0 Å². The quantitative estimate of drug-likeness (QED) is 0.0258. The first-order chi connectivity index (χ1) is 39.1. The smallest absolute Gasteiger partial charge is 0.303 e. The fraction of sp³-hybridized carbons (Fsp3) is 0.529. The van der Waals surface area contributed by atoms with Gasteiger partial charge in [-0.3, -0.25) is 13.2 Å². The van der Waals surface area contributed by atoms with Gasteiger partial charge in [0.25, 0.3) is 0 Å². The normalized spacial score (nSPS) is 13.8. The third kappa shape index (κ3) is 91.6. The molecule has 0 saturated heterocycles. The molecule has 0 fully saturated rings. The number of hydrogen-bond donors (Lipinski definition) is 2. The number of carboxylic acid groups (broad SMARTS) is 1. The molecular formula is C68H108Ar2O10S2-2. The molecule has 0 heterocycles. The Balaban J connectivity index is -0.000000248. The Kier molecular flexibility index (Phi) is 94.7. The van der Waals surface area contributed by atoms with E-state index in [1.807, 2.05) is 24.3 Å². The molecule has 0 spiro atoms. The van der Waals surface area contributed by atoms with Gasteiger partial charge in [0, 0.05) is 122 Å². The number of methoxy groups -OCH3 is 2. The van der Waals surface area contributed by atoms with Gasteiger partial charge in [-0.05, 0) is 159 Å². The molecule has 470 valence electrons. The van der Waals surface area contributed by atoms with Gasteiger partial charge in [0.05, 0.1) is 11.4 Å². The Labute approximate surface area is 565 Å². The van der Waals surface area contributed by atoms with E-state index >= 15 is 0 Å². The van der Waals surface area contributed by atoms with Crippen molar-refractivity contribution in [3.05, 3.63) is 182 Å².